The molecule has 114 valence electrons. The molecule has 21 heavy (non-hydrogen) atoms. The van der Waals surface area contributed by atoms with Crippen molar-refractivity contribution in [3.8, 4) is 0 Å². The number of pyridine rings is 1. The Bertz CT molecular complexity index is 504. The number of ether oxygens (including phenoxy) is 1. The molecule has 0 saturated carbocycles. The van der Waals surface area contributed by atoms with Crippen molar-refractivity contribution in [1.82, 2.24) is 14.8 Å². The fourth-order valence-corrected chi connectivity index (χ4v) is 3.27. The van der Waals surface area contributed by atoms with Gasteiger partial charge in [-0.25, -0.2) is 0 Å². The van der Waals surface area contributed by atoms with Crippen LogP contribution in [0.4, 0.5) is 0 Å². The van der Waals surface area contributed by atoms with Crippen molar-refractivity contribution < 1.29 is 4.74 Å². The fourth-order valence-electron chi connectivity index (χ4n) is 3.16. The Kier molecular flexibility index (Phi) is 4.80. The average Bonchev–Trinajstić information content (AvgIpc) is 2.97. The zero-order chi connectivity index (χ0) is 14.7. The first-order valence-electron chi connectivity index (χ1n) is 7.51. The van der Waals surface area contributed by atoms with Gasteiger partial charge >= 0.3 is 0 Å². The molecule has 0 amide bonds. The minimum atomic E-state index is 0.365. The van der Waals surface area contributed by atoms with Crippen molar-refractivity contribution >= 4 is 17.2 Å². The summed E-state index contributed by atoms with van der Waals surface area (Å²) < 4.78 is 5.43. The van der Waals surface area contributed by atoms with Crippen LogP contribution in [0.5, 0.6) is 0 Å². The van der Waals surface area contributed by atoms with Gasteiger partial charge in [-0.2, -0.15) is 0 Å². The lowest BCUT2D eigenvalue weighted by Crippen LogP contribution is -2.44. The fraction of sp³-hybridized carbons (Fsp3) is 0.600. The van der Waals surface area contributed by atoms with Gasteiger partial charge in [-0.3, -0.25) is 14.8 Å². The monoisotopic (exact) mass is 306 g/mol. The molecule has 1 aromatic rings. The Hall–Kier alpha value is -1.08. The Balaban J connectivity index is 1.56. The van der Waals surface area contributed by atoms with Gasteiger partial charge in [-0.15, -0.1) is 0 Å². The lowest BCUT2D eigenvalue weighted by molar-refractivity contribution is 0.0184. The van der Waals surface area contributed by atoms with Gasteiger partial charge in [0.05, 0.1) is 18.9 Å². The van der Waals surface area contributed by atoms with E-state index in [4.69, 9.17) is 22.7 Å². The smallest absolute Gasteiger partial charge is 0.122 e. The molecule has 6 heteroatoms. The molecule has 2 aliphatic heterocycles. The highest BCUT2D eigenvalue weighted by molar-refractivity contribution is 7.80. The summed E-state index contributed by atoms with van der Waals surface area (Å²) in [7, 11) is 0. The molecule has 0 aliphatic carbocycles. The van der Waals surface area contributed by atoms with Gasteiger partial charge in [-0.1, -0.05) is 12.2 Å². The van der Waals surface area contributed by atoms with Crippen molar-refractivity contribution in [3.63, 3.8) is 0 Å². The topological polar surface area (TPSA) is 54.6 Å². The molecule has 1 unspecified atom stereocenters. The van der Waals surface area contributed by atoms with E-state index in [9.17, 15) is 0 Å². The van der Waals surface area contributed by atoms with E-state index in [0.29, 0.717) is 16.7 Å². The quantitative estimate of drug-likeness (QED) is 0.823. The number of likely N-dealkylation sites (tertiary alicyclic amines) is 1. The minimum Gasteiger partial charge on any atom is -0.388 e. The summed E-state index contributed by atoms with van der Waals surface area (Å²) in [6.07, 6.45) is 3.03. The molecule has 2 N–H and O–H groups in total. The second kappa shape index (κ2) is 6.79. The van der Waals surface area contributed by atoms with Crippen LogP contribution >= 0.6 is 12.2 Å². The van der Waals surface area contributed by atoms with E-state index in [2.05, 4.69) is 14.8 Å². The third-order valence-corrected chi connectivity index (χ3v) is 4.50. The first-order chi connectivity index (χ1) is 10.2. The minimum absolute atomic E-state index is 0.365. The van der Waals surface area contributed by atoms with Gasteiger partial charge in [-0.05, 0) is 24.1 Å². The molecule has 2 fully saturated rings. The van der Waals surface area contributed by atoms with Crippen LogP contribution in [0.3, 0.4) is 0 Å². The lowest BCUT2D eigenvalue weighted by Gasteiger charge is -2.32. The Morgan fingerprint density at radius 3 is 2.95 bits per heavy atom. The van der Waals surface area contributed by atoms with Crippen LogP contribution in [0.1, 0.15) is 17.7 Å². The van der Waals surface area contributed by atoms with Crippen LogP contribution in [0.15, 0.2) is 18.3 Å². The molecule has 3 heterocycles. The van der Waals surface area contributed by atoms with E-state index >= 15 is 0 Å². The molecule has 0 bridgehead atoms. The number of hydrogen-bond donors (Lipinski definition) is 1. The zero-order valence-corrected chi connectivity index (χ0v) is 13.0. The van der Waals surface area contributed by atoms with E-state index in [-0.39, 0.29) is 0 Å². The first kappa shape index (κ1) is 14.8. The second-order valence-electron chi connectivity index (χ2n) is 5.74. The molecule has 1 atom stereocenters. The van der Waals surface area contributed by atoms with E-state index in [1.54, 1.807) is 6.20 Å². The van der Waals surface area contributed by atoms with Crippen molar-refractivity contribution in [1.29, 1.82) is 0 Å². The summed E-state index contributed by atoms with van der Waals surface area (Å²) in [5, 5.41) is 0. The lowest BCUT2D eigenvalue weighted by atomic mass is 10.2. The molecule has 0 aromatic carbocycles. The normalized spacial score (nSPS) is 24.3. The Labute approximate surface area is 131 Å². The van der Waals surface area contributed by atoms with Crippen LogP contribution in [0, 0.1) is 0 Å². The van der Waals surface area contributed by atoms with Crippen LogP contribution in [0.2, 0.25) is 0 Å². The molecule has 2 saturated heterocycles. The number of morpholine rings is 1. The number of rotatable bonds is 4. The maximum absolute atomic E-state index is 5.65. The molecule has 1 aromatic heterocycles. The highest BCUT2D eigenvalue weighted by Crippen LogP contribution is 2.19. The zero-order valence-electron chi connectivity index (χ0n) is 12.2. The summed E-state index contributed by atoms with van der Waals surface area (Å²) in [5.41, 5.74) is 7.59. The van der Waals surface area contributed by atoms with E-state index in [0.717, 1.165) is 45.9 Å². The predicted octanol–water partition coefficient (Wildman–Crippen LogP) is 0.622. The summed E-state index contributed by atoms with van der Waals surface area (Å²) in [4.78, 5) is 9.63. The maximum Gasteiger partial charge on any atom is 0.122 e. The van der Waals surface area contributed by atoms with Crippen molar-refractivity contribution in [2.75, 3.05) is 39.4 Å². The number of thiocarbonyl (C=S) groups is 1. The summed E-state index contributed by atoms with van der Waals surface area (Å²) >= 11 is 4.99. The third kappa shape index (κ3) is 3.77. The van der Waals surface area contributed by atoms with Gasteiger partial charge < -0.3 is 10.5 Å². The number of hydrogen-bond acceptors (Lipinski definition) is 5. The highest BCUT2D eigenvalue weighted by atomic mass is 32.1. The summed E-state index contributed by atoms with van der Waals surface area (Å²) in [6, 6.07) is 4.72. The maximum atomic E-state index is 5.65. The molecule has 0 radical (unpaired) electrons. The highest BCUT2D eigenvalue weighted by Gasteiger charge is 2.28. The van der Waals surface area contributed by atoms with Crippen molar-refractivity contribution in [2.45, 2.75) is 19.0 Å². The van der Waals surface area contributed by atoms with Crippen molar-refractivity contribution in [3.05, 3.63) is 29.6 Å². The SMILES string of the molecule is NC(=S)c1cc(CN2CCC(N3CCOCC3)C2)ccn1. The number of nitrogens with zero attached hydrogens (tertiary/aromatic N) is 3. The van der Waals surface area contributed by atoms with Gasteiger partial charge in [0.2, 0.25) is 0 Å². The molecular formula is C15H22N4OS. The number of nitrogens with two attached hydrogens (primary N) is 1. The van der Waals surface area contributed by atoms with Crippen LogP contribution < -0.4 is 5.73 Å². The second-order valence-corrected chi connectivity index (χ2v) is 6.18. The van der Waals surface area contributed by atoms with Crippen LogP contribution in [-0.4, -0.2) is 65.2 Å². The van der Waals surface area contributed by atoms with Crippen LogP contribution in [0.25, 0.3) is 0 Å². The van der Waals surface area contributed by atoms with Gasteiger partial charge in [0.1, 0.15) is 4.99 Å². The predicted molar refractivity (Wildman–Crippen MR) is 86.2 cm³/mol. The molecule has 0 spiro atoms. The summed E-state index contributed by atoms with van der Waals surface area (Å²) in [6.45, 7) is 7.10. The van der Waals surface area contributed by atoms with Gasteiger partial charge in [0, 0.05) is 45.0 Å². The third-order valence-electron chi connectivity index (χ3n) is 4.29. The van der Waals surface area contributed by atoms with Crippen molar-refractivity contribution in [2.24, 2.45) is 5.73 Å². The molecule has 5 nitrogen and oxygen atoms in total. The van der Waals surface area contributed by atoms with Gasteiger partial charge in [0.15, 0.2) is 0 Å². The number of aromatic nitrogens is 1. The van der Waals surface area contributed by atoms with Crippen LogP contribution in [-0.2, 0) is 11.3 Å². The van der Waals surface area contributed by atoms with E-state index in [1.165, 1.54) is 12.0 Å². The first-order valence-corrected chi connectivity index (χ1v) is 7.92. The van der Waals surface area contributed by atoms with Gasteiger partial charge in [0.25, 0.3) is 0 Å². The molecule has 2 aliphatic rings. The Morgan fingerprint density at radius 1 is 1.38 bits per heavy atom. The Morgan fingerprint density at radius 2 is 2.19 bits per heavy atom. The van der Waals surface area contributed by atoms with E-state index < -0.39 is 0 Å². The molecular weight excluding hydrogens is 284 g/mol. The van der Waals surface area contributed by atoms with E-state index in [1.807, 2.05) is 12.1 Å². The standard InChI is InChI=1S/C15H22N4OS/c16-15(21)14-9-12(1-3-17-14)10-18-4-2-13(11-18)19-5-7-20-8-6-19/h1,3,9,13H,2,4-8,10-11H2,(H2,16,21). The summed E-state index contributed by atoms with van der Waals surface area (Å²) in [5.74, 6) is 0. The average molecular weight is 306 g/mol. The molecule has 3 rings (SSSR count). The largest absolute Gasteiger partial charge is 0.388 e.